The molecule has 3 aromatic heterocycles. The maximum absolute atomic E-state index is 13.1. The number of anilines is 3. The van der Waals surface area contributed by atoms with Crippen molar-refractivity contribution in [3.8, 4) is 0 Å². The average molecular weight is 454 g/mol. The third-order valence-electron chi connectivity index (χ3n) is 6.60. The Kier molecular flexibility index (Phi) is 5.51. The van der Waals surface area contributed by atoms with Crippen molar-refractivity contribution in [3.05, 3.63) is 46.5 Å². The number of ether oxygens (including phenoxy) is 1. The smallest absolute Gasteiger partial charge is 0.274 e. The molecule has 11 nitrogen and oxygen atoms in total. The van der Waals surface area contributed by atoms with E-state index in [9.17, 15) is 14.7 Å². The van der Waals surface area contributed by atoms with Crippen LogP contribution >= 0.6 is 0 Å². The van der Waals surface area contributed by atoms with Crippen LogP contribution in [0.15, 0.2) is 35.4 Å². The number of aliphatic hydroxyl groups is 1. The van der Waals surface area contributed by atoms with Crippen molar-refractivity contribution in [1.29, 1.82) is 0 Å². The molecule has 4 N–H and O–H groups in total. The number of pyridine rings is 1. The van der Waals surface area contributed by atoms with Gasteiger partial charge in [-0.3, -0.25) is 9.59 Å². The number of amides is 1. The van der Waals surface area contributed by atoms with Crippen molar-refractivity contribution in [3.63, 3.8) is 0 Å². The zero-order valence-corrected chi connectivity index (χ0v) is 18.5. The Hall–Kier alpha value is -3.44. The van der Waals surface area contributed by atoms with Crippen LogP contribution in [0.4, 0.5) is 17.3 Å². The number of fused-ring (bicyclic) bond motifs is 1. The molecule has 3 heterocycles. The van der Waals surface area contributed by atoms with Crippen LogP contribution in [0.25, 0.3) is 5.65 Å². The van der Waals surface area contributed by atoms with E-state index >= 15 is 0 Å². The molecule has 0 saturated heterocycles. The molecule has 0 aliphatic heterocycles. The lowest BCUT2D eigenvalue weighted by Crippen LogP contribution is -2.50. The third-order valence-corrected chi connectivity index (χ3v) is 6.60. The standard InChI is InChI=1S/C22H27N7O4/c1-23-19-10-18(25-14-4-3-9-28(22(14)32)15-6-8-17(15)33-2)27-20-12(11-24-29(19)20)21(31)26-13-5-7-16(13)30/h3-4,9-11,13,15-17,23,30H,5-8H2,1-2H3,(H,25,27)(H,26,31)/t13-,15+,16-,17+/m1/s1. The summed E-state index contributed by atoms with van der Waals surface area (Å²) in [6.45, 7) is 0. The molecule has 2 aliphatic rings. The van der Waals surface area contributed by atoms with Gasteiger partial charge in [-0.1, -0.05) is 0 Å². The average Bonchev–Trinajstić information content (AvgIpc) is 3.22. The van der Waals surface area contributed by atoms with Crippen molar-refractivity contribution in [1.82, 2.24) is 24.5 Å². The Morgan fingerprint density at radius 1 is 1.27 bits per heavy atom. The molecule has 4 atom stereocenters. The van der Waals surface area contributed by atoms with E-state index in [0.717, 1.165) is 19.3 Å². The number of hydrogen-bond donors (Lipinski definition) is 4. The van der Waals surface area contributed by atoms with Crippen molar-refractivity contribution < 1.29 is 14.6 Å². The minimum Gasteiger partial charge on any atom is -0.391 e. The summed E-state index contributed by atoms with van der Waals surface area (Å²) in [6.07, 6.45) is 5.96. The minimum atomic E-state index is -0.525. The monoisotopic (exact) mass is 453 g/mol. The summed E-state index contributed by atoms with van der Waals surface area (Å²) in [5, 5.41) is 23.0. The summed E-state index contributed by atoms with van der Waals surface area (Å²) >= 11 is 0. The van der Waals surface area contributed by atoms with Gasteiger partial charge in [-0.05, 0) is 37.8 Å². The fourth-order valence-corrected chi connectivity index (χ4v) is 4.31. The second kappa shape index (κ2) is 8.49. The molecule has 5 rings (SSSR count). The Bertz CT molecular complexity index is 1250. The van der Waals surface area contributed by atoms with Crippen LogP contribution in [0, 0.1) is 0 Å². The van der Waals surface area contributed by atoms with E-state index in [-0.39, 0.29) is 35.2 Å². The van der Waals surface area contributed by atoms with E-state index in [1.165, 1.54) is 10.7 Å². The molecule has 3 aromatic rings. The highest BCUT2D eigenvalue weighted by Crippen LogP contribution is 2.33. The number of nitrogens with zero attached hydrogens (tertiary/aromatic N) is 4. The number of carbonyl (C=O) groups is 1. The second-order valence-electron chi connectivity index (χ2n) is 8.47. The van der Waals surface area contributed by atoms with E-state index in [1.807, 2.05) is 6.07 Å². The van der Waals surface area contributed by atoms with Crippen LogP contribution in [0.2, 0.25) is 0 Å². The lowest BCUT2D eigenvalue weighted by atomic mass is 9.88. The van der Waals surface area contributed by atoms with Gasteiger partial charge in [0, 0.05) is 26.4 Å². The summed E-state index contributed by atoms with van der Waals surface area (Å²) < 4.78 is 8.67. The first-order valence-corrected chi connectivity index (χ1v) is 11.1. The van der Waals surface area contributed by atoms with Gasteiger partial charge in [0.1, 0.15) is 22.9 Å². The molecular formula is C22H27N7O4. The van der Waals surface area contributed by atoms with E-state index in [0.29, 0.717) is 29.4 Å². The van der Waals surface area contributed by atoms with Gasteiger partial charge in [0.15, 0.2) is 5.65 Å². The van der Waals surface area contributed by atoms with Gasteiger partial charge in [0.25, 0.3) is 11.5 Å². The number of rotatable bonds is 7. The number of methoxy groups -OCH3 is 1. The number of nitrogens with one attached hydrogen (secondary N) is 3. The fourth-order valence-electron chi connectivity index (χ4n) is 4.31. The molecule has 2 saturated carbocycles. The molecule has 33 heavy (non-hydrogen) atoms. The second-order valence-corrected chi connectivity index (χ2v) is 8.47. The first-order chi connectivity index (χ1) is 16.0. The van der Waals surface area contributed by atoms with Gasteiger partial charge in [0.2, 0.25) is 0 Å². The summed E-state index contributed by atoms with van der Waals surface area (Å²) in [6, 6.07) is 4.98. The van der Waals surface area contributed by atoms with Crippen molar-refractivity contribution in [2.45, 2.75) is 50.0 Å². The molecule has 0 aromatic carbocycles. The van der Waals surface area contributed by atoms with Gasteiger partial charge in [-0.15, -0.1) is 0 Å². The third kappa shape index (κ3) is 3.72. The largest absolute Gasteiger partial charge is 0.391 e. The maximum Gasteiger partial charge on any atom is 0.274 e. The van der Waals surface area contributed by atoms with Gasteiger partial charge in [0.05, 0.1) is 30.5 Å². The Morgan fingerprint density at radius 3 is 2.76 bits per heavy atom. The van der Waals surface area contributed by atoms with Crippen molar-refractivity contribution in [2.24, 2.45) is 0 Å². The minimum absolute atomic E-state index is 0.0135. The van der Waals surface area contributed by atoms with E-state index < -0.39 is 6.10 Å². The Balaban J connectivity index is 1.46. The van der Waals surface area contributed by atoms with Gasteiger partial charge in [-0.2, -0.15) is 9.61 Å². The molecule has 2 fully saturated rings. The first-order valence-electron chi connectivity index (χ1n) is 11.1. The van der Waals surface area contributed by atoms with Crippen LogP contribution in [0.1, 0.15) is 42.1 Å². The zero-order valence-electron chi connectivity index (χ0n) is 18.5. The SMILES string of the molecule is CNc1cc(Nc2cccn([C@H]3CC[C@@H]3OC)c2=O)nc2c(C(=O)N[C@@H]3CC[C@H]3O)cnn12. The highest BCUT2D eigenvalue weighted by Gasteiger charge is 2.33. The quantitative estimate of drug-likeness (QED) is 0.420. The topological polar surface area (TPSA) is 135 Å². The summed E-state index contributed by atoms with van der Waals surface area (Å²) in [5.41, 5.74) is 0.839. The lowest BCUT2D eigenvalue weighted by Gasteiger charge is -2.36. The molecule has 174 valence electrons. The van der Waals surface area contributed by atoms with E-state index in [2.05, 4.69) is 26.0 Å². The van der Waals surface area contributed by atoms with Crippen LogP contribution in [0.3, 0.4) is 0 Å². The fraction of sp³-hybridized carbons (Fsp3) is 0.455. The number of carbonyl (C=O) groups excluding carboxylic acids is 1. The summed E-state index contributed by atoms with van der Waals surface area (Å²) in [7, 11) is 3.40. The first kappa shape index (κ1) is 21.4. The Labute approximate surface area is 189 Å². The number of aromatic nitrogens is 4. The molecule has 0 unspecified atom stereocenters. The van der Waals surface area contributed by atoms with Crippen molar-refractivity contribution >= 4 is 28.9 Å². The number of hydrogen-bond acceptors (Lipinski definition) is 8. The van der Waals surface area contributed by atoms with Crippen molar-refractivity contribution in [2.75, 3.05) is 24.8 Å². The van der Waals surface area contributed by atoms with Crippen LogP contribution in [-0.4, -0.2) is 62.6 Å². The van der Waals surface area contributed by atoms with E-state index in [1.54, 1.807) is 37.1 Å². The normalized spacial score (nSPS) is 24.1. The summed E-state index contributed by atoms with van der Waals surface area (Å²) in [5.74, 6) is 0.648. The molecule has 0 radical (unpaired) electrons. The molecule has 0 spiro atoms. The molecule has 2 aliphatic carbocycles. The maximum atomic E-state index is 13.1. The lowest BCUT2D eigenvalue weighted by molar-refractivity contribution is -0.0103. The van der Waals surface area contributed by atoms with Gasteiger partial charge in [-0.25, -0.2) is 4.98 Å². The van der Waals surface area contributed by atoms with Crippen LogP contribution in [-0.2, 0) is 4.74 Å². The van der Waals surface area contributed by atoms with Gasteiger partial charge >= 0.3 is 0 Å². The zero-order chi connectivity index (χ0) is 23.1. The Morgan fingerprint density at radius 2 is 2.12 bits per heavy atom. The van der Waals surface area contributed by atoms with Gasteiger partial charge < -0.3 is 30.4 Å². The highest BCUT2D eigenvalue weighted by atomic mass is 16.5. The molecule has 11 heteroatoms. The van der Waals surface area contributed by atoms with Crippen LogP contribution in [0.5, 0.6) is 0 Å². The molecule has 1 amide bonds. The summed E-state index contributed by atoms with van der Waals surface area (Å²) in [4.78, 5) is 30.5. The van der Waals surface area contributed by atoms with Crippen LogP contribution < -0.4 is 21.5 Å². The molecular weight excluding hydrogens is 426 g/mol. The molecule has 0 bridgehead atoms. The van der Waals surface area contributed by atoms with E-state index in [4.69, 9.17) is 4.74 Å². The highest BCUT2D eigenvalue weighted by molar-refractivity contribution is 6.00. The predicted molar refractivity (Wildman–Crippen MR) is 122 cm³/mol. The number of aliphatic hydroxyl groups excluding tert-OH is 1. The predicted octanol–water partition coefficient (Wildman–Crippen LogP) is 1.28.